The molecule has 1 aromatic heterocycles. The molecule has 0 unspecified atom stereocenters. The molecule has 1 aliphatic rings. The molecule has 1 heterocycles. The van der Waals surface area contributed by atoms with E-state index in [-0.39, 0.29) is 0 Å². The fourth-order valence-electron chi connectivity index (χ4n) is 1.87. The van der Waals surface area contributed by atoms with E-state index in [1.54, 1.807) is 0 Å². The van der Waals surface area contributed by atoms with Crippen LogP contribution in [-0.2, 0) is 0 Å². The molecular formula is C13H13ClIN3. The summed E-state index contributed by atoms with van der Waals surface area (Å²) in [6.07, 6.45) is 4.47. The van der Waals surface area contributed by atoms with Crippen molar-refractivity contribution in [3.8, 4) is 5.69 Å². The maximum atomic E-state index is 6.32. The lowest BCUT2D eigenvalue weighted by atomic mass is 10.3. The number of benzene rings is 1. The lowest BCUT2D eigenvalue weighted by Crippen LogP contribution is -2.08. The molecule has 0 radical (unpaired) electrons. The number of hydrogen-bond donors (Lipinski definition) is 1. The van der Waals surface area contributed by atoms with E-state index in [2.05, 4.69) is 39.0 Å². The second-order valence-electron chi connectivity index (χ2n) is 4.59. The van der Waals surface area contributed by atoms with Crippen molar-refractivity contribution in [2.24, 2.45) is 0 Å². The van der Waals surface area contributed by atoms with Crippen molar-refractivity contribution >= 4 is 40.1 Å². The summed E-state index contributed by atoms with van der Waals surface area (Å²) in [6.45, 7) is 2.00. The molecule has 3 nitrogen and oxygen atoms in total. The largest absolute Gasteiger partial charge is 0.353 e. The number of aromatic nitrogens is 2. The van der Waals surface area contributed by atoms with Gasteiger partial charge in [-0.2, -0.15) is 0 Å². The van der Waals surface area contributed by atoms with Crippen molar-refractivity contribution < 1.29 is 0 Å². The number of nitrogens with one attached hydrogen (secondary N) is 1. The fourth-order valence-corrected chi connectivity index (χ4v) is 2.82. The normalized spacial score (nSPS) is 14.8. The zero-order valence-electron chi connectivity index (χ0n) is 9.95. The molecule has 18 heavy (non-hydrogen) atoms. The average Bonchev–Trinajstić information content (AvgIpc) is 3.03. The van der Waals surface area contributed by atoms with Crippen molar-refractivity contribution in [3.05, 3.63) is 38.7 Å². The van der Waals surface area contributed by atoms with Crippen molar-refractivity contribution in [2.45, 2.75) is 25.8 Å². The van der Waals surface area contributed by atoms with Crippen molar-refractivity contribution in [1.29, 1.82) is 0 Å². The first-order valence-corrected chi connectivity index (χ1v) is 7.37. The van der Waals surface area contributed by atoms with E-state index in [1.165, 1.54) is 12.8 Å². The van der Waals surface area contributed by atoms with Gasteiger partial charge in [0.15, 0.2) is 0 Å². The first-order chi connectivity index (χ1) is 8.63. The van der Waals surface area contributed by atoms with Gasteiger partial charge in [0.1, 0.15) is 0 Å². The minimum atomic E-state index is 0.577. The van der Waals surface area contributed by atoms with Crippen LogP contribution in [0.5, 0.6) is 0 Å². The van der Waals surface area contributed by atoms with Gasteiger partial charge in [0, 0.05) is 15.8 Å². The minimum absolute atomic E-state index is 0.577. The summed E-state index contributed by atoms with van der Waals surface area (Å²) in [5.74, 6) is 0.887. The number of aryl methyl sites for hydroxylation is 1. The van der Waals surface area contributed by atoms with E-state index in [0.29, 0.717) is 6.04 Å². The Balaban J connectivity index is 2.03. The molecule has 1 fully saturated rings. The molecule has 1 saturated carbocycles. The van der Waals surface area contributed by atoms with Crippen molar-refractivity contribution in [2.75, 3.05) is 5.32 Å². The molecule has 5 heteroatoms. The number of rotatable bonds is 3. The Morgan fingerprint density at radius 1 is 1.44 bits per heavy atom. The van der Waals surface area contributed by atoms with E-state index in [4.69, 9.17) is 11.6 Å². The molecular weight excluding hydrogens is 361 g/mol. The Morgan fingerprint density at radius 2 is 2.22 bits per heavy atom. The average molecular weight is 374 g/mol. The summed E-state index contributed by atoms with van der Waals surface area (Å²) >= 11 is 8.58. The standard InChI is InChI=1S/C13H13ClIN3/c1-8-7-18(13(16-8)17-10-3-4-10)12-5-2-9(15)6-11(12)14/h2,5-7,10H,3-4H2,1H3,(H,16,17). The van der Waals surface area contributed by atoms with E-state index in [0.717, 1.165) is 25.9 Å². The predicted octanol–water partition coefficient (Wildman–Crippen LogP) is 4.01. The summed E-state index contributed by atoms with van der Waals surface area (Å²) in [7, 11) is 0. The summed E-state index contributed by atoms with van der Waals surface area (Å²) in [4.78, 5) is 4.52. The minimum Gasteiger partial charge on any atom is -0.353 e. The maximum Gasteiger partial charge on any atom is 0.208 e. The highest BCUT2D eigenvalue weighted by atomic mass is 127. The Morgan fingerprint density at radius 3 is 2.89 bits per heavy atom. The smallest absolute Gasteiger partial charge is 0.208 e. The third-order valence-corrected chi connectivity index (χ3v) is 3.88. The predicted molar refractivity (Wildman–Crippen MR) is 82.7 cm³/mol. The number of hydrogen-bond acceptors (Lipinski definition) is 2. The lowest BCUT2D eigenvalue weighted by Gasteiger charge is -2.10. The van der Waals surface area contributed by atoms with E-state index >= 15 is 0 Å². The number of nitrogens with zero attached hydrogens (tertiary/aromatic N) is 2. The van der Waals surface area contributed by atoms with Crippen LogP contribution in [0.4, 0.5) is 5.95 Å². The van der Waals surface area contributed by atoms with Gasteiger partial charge in [0.2, 0.25) is 5.95 Å². The second-order valence-corrected chi connectivity index (χ2v) is 6.24. The van der Waals surface area contributed by atoms with Crippen LogP contribution in [0, 0.1) is 10.5 Å². The first-order valence-electron chi connectivity index (χ1n) is 5.91. The van der Waals surface area contributed by atoms with Gasteiger partial charge < -0.3 is 5.32 Å². The zero-order valence-corrected chi connectivity index (χ0v) is 12.9. The maximum absolute atomic E-state index is 6.32. The van der Waals surface area contributed by atoms with Crippen molar-refractivity contribution in [1.82, 2.24) is 9.55 Å². The van der Waals surface area contributed by atoms with Crippen LogP contribution in [0.2, 0.25) is 5.02 Å². The Labute approximate surface area is 125 Å². The van der Waals surface area contributed by atoms with Crippen LogP contribution in [0.15, 0.2) is 24.4 Å². The van der Waals surface area contributed by atoms with E-state index in [1.807, 2.05) is 29.8 Å². The van der Waals surface area contributed by atoms with E-state index in [9.17, 15) is 0 Å². The molecule has 0 amide bonds. The second kappa shape index (κ2) is 4.74. The van der Waals surface area contributed by atoms with Gasteiger partial charge >= 0.3 is 0 Å². The van der Waals surface area contributed by atoms with Crippen LogP contribution in [0.3, 0.4) is 0 Å². The molecule has 0 aliphatic heterocycles. The lowest BCUT2D eigenvalue weighted by molar-refractivity contribution is 1.00. The van der Waals surface area contributed by atoms with Crippen LogP contribution < -0.4 is 5.32 Å². The van der Waals surface area contributed by atoms with Gasteiger partial charge in [-0.05, 0) is 60.6 Å². The van der Waals surface area contributed by atoms with Gasteiger partial charge in [0.05, 0.1) is 16.4 Å². The SMILES string of the molecule is Cc1cn(-c2ccc(I)cc2Cl)c(NC2CC2)n1. The quantitative estimate of drug-likeness (QED) is 0.824. The summed E-state index contributed by atoms with van der Waals surface area (Å²) in [5, 5.41) is 4.19. The Hall–Kier alpha value is -0.750. The molecule has 0 saturated heterocycles. The number of halogens is 2. The van der Waals surface area contributed by atoms with Crippen LogP contribution in [0.25, 0.3) is 5.69 Å². The molecule has 0 spiro atoms. The number of imidazole rings is 1. The highest BCUT2D eigenvalue weighted by molar-refractivity contribution is 14.1. The zero-order chi connectivity index (χ0) is 12.7. The van der Waals surface area contributed by atoms with Gasteiger partial charge in [0.25, 0.3) is 0 Å². The van der Waals surface area contributed by atoms with Gasteiger partial charge in [-0.1, -0.05) is 11.6 Å². The highest BCUT2D eigenvalue weighted by Gasteiger charge is 2.23. The third kappa shape index (κ3) is 2.49. The number of anilines is 1. The first kappa shape index (κ1) is 12.3. The van der Waals surface area contributed by atoms with Gasteiger partial charge in [-0.25, -0.2) is 4.98 Å². The van der Waals surface area contributed by atoms with E-state index < -0.39 is 0 Å². The van der Waals surface area contributed by atoms with Crippen LogP contribution in [-0.4, -0.2) is 15.6 Å². The van der Waals surface area contributed by atoms with Crippen molar-refractivity contribution in [3.63, 3.8) is 0 Å². The molecule has 3 rings (SSSR count). The molecule has 0 atom stereocenters. The highest BCUT2D eigenvalue weighted by Crippen LogP contribution is 2.29. The molecule has 1 aliphatic carbocycles. The summed E-state index contributed by atoms with van der Waals surface area (Å²) < 4.78 is 3.17. The summed E-state index contributed by atoms with van der Waals surface area (Å²) in [6, 6.07) is 6.63. The molecule has 0 bridgehead atoms. The molecule has 1 aromatic carbocycles. The molecule has 94 valence electrons. The monoisotopic (exact) mass is 373 g/mol. The van der Waals surface area contributed by atoms with Crippen LogP contribution >= 0.6 is 34.2 Å². The fraction of sp³-hybridized carbons (Fsp3) is 0.308. The van der Waals surface area contributed by atoms with Crippen LogP contribution in [0.1, 0.15) is 18.5 Å². The van der Waals surface area contributed by atoms with Gasteiger partial charge in [-0.3, -0.25) is 4.57 Å². The molecule has 1 N–H and O–H groups in total. The Bertz CT molecular complexity index is 590. The topological polar surface area (TPSA) is 29.9 Å². The summed E-state index contributed by atoms with van der Waals surface area (Å²) in [5.41, 5.74) is 1.97. The molecule has 2 aromatic rings. The van der Waals surface area contributed by atoms with Gasteiger partial charge in [-0.15, -0.1) is 0 Å². The third-order valence-electron chi connectivity index (χ3n) is 2.91. The Kier molecular flexibility index (Phi) is 3.23.